The van der Waals surface area contributed by atoms with Gasteiger partial charge < -0.3 is 14.4 Å². The van der Waals surface area contributed by atoms with Gasteiger partial charge in [-0.1, -0.05) is 19.9 Å². The van der Waals surface area contributed by atoms with Crippen LogP contribution in [0.25, 0.3) is 0 Å². The Morgan fingerprint density at radius 2 is 1.96 bits per heavy atom. The van der Waals surface area contributed by atoms with Crippen molar-refractivity contribution in [1.29, 1.82) is 0 Å². The standard InChI is InChI=1S/C16H21N3O5S/c1-5-10-7-11(6-2)15(24-4)13(16(20)21)14(10)18-25(22,23)12-8-19(3)9-17-12/h7-9,18H,5-6H2,1-4H3,(H,20,21). The number of nitrogens with zero attached hydrogens (tertiary/aromatic N) is 2. The lowest BCUT2D eigenvalue weighted by Gasteiger charge is -2.19. The molecule has 1 aromatic carbocycles. The number of rotatable bonds is 7. The molecule has 0 aliphatic heterocycles. The third-order valence-electron chi connectivity index (χ3n) is 3.81. The lowest BCUT2D eigenvalue weighted by Crippen LogP contribution is -2.19. The van der Waals surface area contributed by atoms with E-state index in [1.54, 1.807) is 13.1 Å². The summed E-state index contributed by atoms with van der Waals surface area (Å²) < 4.78 is 34.3. The Hall–Kier alpha value is -2.55. The summed E-state index contributed by atoms with van der Waals surface area (Å²) in [5, 5.41) is 9.47. The van der Waals surface area contributed by atoms with Gasteiger partial charge in [-0.15, -0.1) is 0 Å². The van der Waals surface area contributed by atoms with Gasteiger partial charge in [0.25, 0.3) is 10.0 Å². The van der Waals surface area contributed by atoms with Gasteiger partial charge >= 0.3 is 5.97 Å². The fraction of sp³-hybridized carbons (Fsp3) is 0.375. The summed E-state index contributed by atoms with van der Waals surface area (Å²) in [6.45, 7) is 3.70. The molecule has 0 atom stereocenters. The summed E-state index contributed by atoms with van der Waals surface area (Å²) >= 11 is 0. The predicted octanol–water partition coefficient (Wildman–Crippen LogP) is 2.05. The van der Waals surface area contributed by atoms with Crippen LogP contribution in [-0.4, -0.2) is 36.2 Å². The van der Waals surface area contributed by atoms with Gasteiger partial charge in [-0.05, 0) is 24.0 Å². The normalized spacial score (nSPS) is 11.4. The number of imidazole rings is 1. The Morgan fingerprint density at radius 1 is 1.32 bits per heavy atom. The summed E-state index contributed by atoms with van der Waals surface area (Å²) in [5.41, 5.74) is 1.10. The van der Waals surface area contributed by atoms with Crippen LogP contribution in [0.15, 0.2) is 23.6 Å². The molecule has 0 aliphatic rings. The highest BCUT2D eigenvalue weighted by atomic mass is 32.2. The second-order valence-electron chi connectivity index (χ2n) is 5.47. The van der Waals surface area contributed by atoms with E-state index >= 15 is 0 Å². The van der Waals surface area contributed by atoms with E-state index in [0.717, 1.165) is 0 Å². The number of hydrogen-bond acceptors (Lipinski definition) is 5. The first-order chi connectivity index (χ1) is 11.7. The molecule has 0 amide bonds. The molecule has 25 heavy (non-hydrogen) atoms. The molecule has 0 saturated heterocycles. The molecule has 9 heteroatoms. The molecule has 2 aromatic rings. The highest BCUT2D eigenvalue weighted by Crippen LogP contribution is 2.36. The van der Waals surface area contributed by atoms with Gasteiger partial charge in [0.05, 0.1) is 19.1 Å². The minimum Gasteiger partial charge on any atom is -0.495 e. The molecule has 0 saturated carbocycles. The molecule has 0 unspecified atom stereocenters. The number of hydrogen-bond donors (Lipinski definition) is 2. The first kappa shape index (κ1) is 18.8. The van der Waals surface area contributed by atoms with Gasteiger partial charge in [0.1, 0.15) is 11.3 Å². The number of methoxy groups -OCH3 is 1. The molecule has 0 spiro atoms. The van der Waals surface area contributed by atoms with Crippen molar-refractivity contribution < 1.29 is 23.1 Å². The van der Waals surface area contributed by atoms with Crippen molar-refractivity contribution >= 4 is 21.7 Å². The number of aryl methyl sites for hydroxylation is 3. The third-order valence-corrected chi connectivity index (χ3v) is 5.05. The van der Waals surface area contributed by atoms with E-state index in [1.807, 2.05) is 13.8 Å². The van der Waals surface area contributed by atoms with E-state index in [1.165, 1.54) is 24.2 Å². The van der Waals surface area contributed by atoms with E-state index in [2.05, 4.69) is 9.71 Å². The van der Waals surface area contributed by atoms with Gasteiger partial charge in [-0.2, -0.15) is 8.42 Å². The molecule has 0 radical (unpaired) electrons. The smallest absolute Gasteiger partial charge is 0.341 e. The van der Waals surface area contributed by atoms with Crippen LogP contribution in [0.5, 0.6) is 5.75 Å². The van der Waals surface area contributed by atoms with Crippen molar-refractivity contribution in [2.24, 2.45) is 7.05 Å². The van der Waals surface area contributed by atoms with Gasteiger partial charge in [0, 0.05) is 13.2 Å². The molecule has 8 nitrogen and oxygen atoms in total. The highest BCUT2D eigenvalue weighted by Gasteiger charge is 2.27. The number of aromatic carboxylic acids is 1. The number of carboxylic acids is 1. The molecular weight excluding hydrogens is 346 g/mol. The second-order valence-corrected chi connectivity index (χ2v) is 7.10. The van der Waals surface area contributed by atoms with Gasteiger partial charge in [0.2, 0.25) is 0 Å². The van der Waals surface area contributed by atoms with Crippen LogP contribution in [0.3, 0.4) is 0 Å². The van der Waals surface area contributed by atoms with Gasteiger partial charge in [0.15, 0.2) is 5.03 Å². The fourth-order valence-electron chi connectivity index (χ4n) is 2.59. The van der Waals surface area contributed by atoms with Crippen molar-refractivity contribution in [3.63, 3.8) is 0 Å². The van der Waals surface area contributed by atoms with Gasteiger partial charge in [-0.3, -0.25) is 4.72 Å². The van der Waals surface area contributed by atoms with Crippen LogP contribution in [0.2, 0.25) is 0 Å². The van der Waals surface area contributed by atoms with Crippen molar-refractivity contribution in [3.8, 4) is 5.75 Å². The Labute approximate surface area is 146 Å². The first-order valence-electron chi connectivity index (χ1n) is 7.71. The zero-order valence-corrected chi connectivity index (χ0v) is 15.3. The molecular formula is C16H21N3O5S. The Balaban J connectivity index is 2.69. The largest absolute Gasteiger partial charge is 0.495 e. The second kappa shape index (κ2) is 7.14. The lowest BCUT2D eigenvalue weighted by atomic mass is 9.98. The van der Waals surface area contributed by atoms with E-state index in [9.17, 15) is 18.3 Å². The van der Waals surface area contributed by atoms with Crippen LogP contribution >= 0.6 is 0 Å². The molecule has 0 aliphatic carbocycles. The molecule has 0 bridgehead atoms. The molecule has 136 valence electrons. The van der Waals surface area contributed by atoms with Crippen LogP contribution < -0.4 is 9.46 Å². The predicted molar refractivity (Wildman–Crippen MR) is 92.7 cm³/mol. The Morgan fingerprint density at radius 3 is 2.40 bits per heavy atom. The molecule has 2 N–H and O–H groups in total. The summed E-state index contributed by atoms with van der Waals surface area (Å²) in [7, 11) is -1.02. The van der Waals surface area contributed by atoms with Crippen LogP contribution in [0, 0.1) is 0 Å². The van der Waals surface area contributed by atoms with Crippen molar-refractivity contribution in [1.82, 2.24) is 9.55 Å². The number of ether oxygens (including phenoxy) is 1. The Bertz CT molecular complexity index is 903. The van der Waals surface area contributed by atoms with E-state index in [4.69, 9.17) is 4.74 Å². The number of nitrogens with one attached hydrogen (secondary N) is 1. The average Bonchev–Trinajstić information content (AvgIpc) is 3.00. The maximum atomic E-state index is 12.6. The SMILES string of the molecule is CCc1cc(CC)c(OC)c(C(=O)O)c1NS(=O)(=O)c1cn(C)cn1. The van der Waals surface area contributed by atoms with E-state index < -0.39 is 16.0 Å². The number of carbonyl (C=O) groups is 1. The first-order valence-corrected chi connectivity index (χ1v) is 9.20. The summed E-state index contributed by atoms with van der Waals surface area (Å²) in [6, 6.07) is 1.77. The van der Waals surface area contributed by atoms with Crippen LogP contribution in [0.4, 0.5) is 5.69 Å². The van der Waals surface area contributed by atoms with E-state index in [-0.39, 0.29) is 22.0 Å². The average molecular weight is 367 g/mol. The van der Waals surface area contributed by atoms with Gasteiger partial charge in [-0.25, -0.2) is 9.78 Å². The zero-order valence-electron chi connectivity index (χ0n) is 14.5. The lowest BCUT2D eigenvalue weighted by molar-refractivity contribution is 0.0694. The summed E-state index contributed by atoms with van der Waals surface area (Å²) in [4.78, 5) is 15.7. The topological polar surface area (TPSA) is 111 Å². The van der Waals surface area contributed by atoms with Crippen molar-refractivity contribution in [2.75, 3.05) is 11.8 Å². The number of sulfonamides is 1. The maximum absolute atomic E-state index is 12.6. The fourth-order valence-corrected chi connectivity index (χ4v) is 3.69. The van der Waals surface area contributed by atoms with Crippen molar-refractivity contribution in [3.05, 3.63) is 35.3 Å². The number of aromatic nitrogens is 2. The number of anilines is 1. The molecule has 0 fully saturated rings. The maximum Gasteiger partial charge on any atom is 0.341 e. The van der Waals surface area contributed by atoms with E-state index in [0.29, 0.717) is 24.0 Å². The molecule has 1 heterocycles. The minimum absolute atomic E-state index is 0.00898. The third kappa shape index (κ3) is 3.60. The quantitative estimate of drug-likeness (QED) is 0.775. The van der Waals surface area contributed by atoms with Crippen LogP contribution in [-0.2, 0) is 29.9 Å². The minimum atomic E-state index is -4.03. The Kier molecular flexibility index (Phi) is 5.36. The molecule has 1 aromatic heterocycles. The number of benzene rings is 1. The molecule has 2 rings (SSSR count). The highest BCUT2D eigenvalue weighted by molar-refractivity contribution is 7.92. The zero-order chi connectivity index (χ0) is 18.8. The van der Waals surface area contributed by atoms with Crippen molar-refractivity contribution in [2.45, 2.75) is 31.7 Å². The van der Waals surface area contributed by atoms with Crippen LogP contribution in [0.1, 0.15) is 35.3 Å². The summed E-state index contributed by atoms with van der Waals surface area (Å²) in [5.74, 6) is -1.11. The monoisotopic (exact) mass is 367 g/mol. The summed E-state index contributed by atoms with van der Waals surface area (Å²) in [6.07, 6.45) is 3.71. The number of carboxylic acid groups (broad SMARTS) is 1.